The largest absolute Gasteiger partial charge is 0.463 e. The van der Waals surface area contributed by atoms with E-state index >= 15 is 0 Å². The Morgan fingerprint density at radius 3 is 2.29 bits per heavy atom. The molecule has 1 aliphatic rings. The van der Waals surface area contributed by atoms with Gasteiger partial charge in [-0.1, -0.05) is 6.92 Å². The maximum absolute atomic E-state index is 11.5. The van der Waals surface area contributed by atoms with Crippen LogP contribution < -0.4 is 11.1 Å². The molecule has 1 unspecified atom stereocenters. The monoisotopic (exact) mass is 264 g/mol. The molecule has 0 radical (unpaired) electrons. The average molecular weight is 265 g/mol. The summed E-state index contributed by atoms with van der Waals surface area (Å²) in [6, 6.07) is 0. The van der Waals surface area contributed by atoms with Crippen LogP contribution >= 0.6 is 12.4 Å². The Morgan fingerprint density at radius 2 is 1.88 bits per heavy atom. The van der Waals surface area contributed by atoms with Gasteiger partial charge in [0.2, 0.25) is 5.91 Å². The number of nitrogens with one attached hydrogen (secondary N) is 1. The standard InChI is InChI=1S/C11H20N2O3.ClH/c1-7(2)16-9(14)8(3)6-13-10(15)11(12)4-5-11;/h7-8H,4-6,12H2,1-3H3,(H,13,15);1H. The molecule has 1 rings (SSSR count). The van der Waals surface area contributed by atoms with Crippen molar-refractivity contribution in [2.24, 2.45) is 11.7 Å². The van der Waals surface area contributed by atoms with Crippen molar-refractivity contribution in [2.45, 2.75) is 45.3 Å². The van der Waals surface area contributed by atoms with E-state index in [4.69, 9.17) is 10.5 Å². The molecule has 1 aliphatic carbocycles. The van der Waals surface area contributed by atoms with E-state index in [1.807, 2.05) is 0 Å². The Labute approximate surface area is 108 Å². The smallest absolute Gasteiger partial charge is 0.310 e. The molecule has 0 aromatic rings. The number of hydrogen-bond donors (Lipinski definition) is 2. The molecule has 5 nitrogen and oxygen atoms in total. The normalized spacial score (nSPS) is 17.9. The molecule has 100 valence electrons. The van der Waals surface area contributed by atoms with Crippen molar-refractivity contribution in [1.29, 1.82) is 0 Å². The first-order valence-electron chi connectivity index (χ1n) is 5.63. The zero-order chi connectivity index (χ0) is 12.3. The summed E-state index contributed by atoms with van der Waals surface area (Å²) in [6.07, 6.45) is 1.32. The highest BCUT2D eigenvalue weighted by molar-refractivity contribution is 5.89. The van der Waals surface area contributed by atoms with Crippen molar-refractivity contribution in [3.63, 3.8) is 0 Å². The fraction of sp³-hybridized carbons (Fsp3) is 0.818. The fourth-order valence-electron chi connectivity index (χ4n) is 1.22. The molecule has 0 aliphatic heterocycles. The quantitative estimate of drug-likeness (QED) is 0.713. The molecular weight excluding hydrogens is 244 g/mol. The molecule has 0 aromatic carbocycles. The van der Waals surface area contributed by atoms with Crippen LogP contribution in [0, 0.1) is 5.92 Å². The molecule has 0 aromatic heterocycles. The highest BCUT2D eigenvalue weighted by atomic mass is 35.5. The van der Waals surface area contributed by atoms with Crippen molar-refractivity contribution < 1.29 is 14.3 Å². The van der Waals surface area contributed by atoms with E-state index in [1.165, 1.54) is 0 Å². The molecule has 0 bridgehead atoms. The molecule has 0 spiro atoms. The average Bonchev–Trinajstić information content (AvgIpc) is 2.92. The Morgan fingerprint density at radius 1 is 1.35 bits per heavy atom. The van der Waals surface area contributed by atoms with Crippen molar-refractivity contribution in [1.82, 2.24) is 5.32 Å². The number of amides is 1. The number of ether oxygens (including phenoxy) is 1. The molecule has 1 atom stereocenters. The van der Waals surface area contributed by atoms with Crippen LogP contribution in [0.4, 0.5) is 0 Å². The number of hydrogen-bond acceptors (Lipinski definition) is 4. The molecule has 1 saturated carbocycles. The van der Waals surface area contributed by atoms with E-state index < -0.39 is 5.54 Å². The van der Waals surface area contributed by atoms with Crippen molar-refractivity contribution in [3.05, 3.63) is 0 Å². The van der Waals surface area contributed by atoms with Crippen LogP contribution in [0.2, 0.25) is 0 Å². The van der Waals surface area contributed by atoms with E-state index in [1.54, 1.807) is 20.8 Å². The Balaban J connectivity index is 0.00000256. The third-order valence-corrected chi connectivity index (χ3v) is 2.56. The minimum atomic E-state index is -0.679. The third kappa shape index (κ3) is 4.91. The number of carbonyl (C=O) groups is 2. The summed E-state index contributed by atoms with van der Waals surface area (Å²) in [5.41, 5.74) is 5.03. The van der Waals surface area contributed by atoms with Gasteiger partial charge < -0.3 is 15.8 Å². The minimum Gasteiger partial charge on any atom is -0.463 e. The second kappa shape index (κ2) is 6.21. The van der Waals surface area contributed by atoms with Gasteiger partial charge in [-0.05, 0) is 26.7 Å². The third-order valence-electron chi connectivity index (χ3n) is 2.56. The summed E-state index contributed by atoms with van der Waals surface area (Å²) in [6.45, 7) is 5.59. The van der Waals surface area contributed by atoms with Gasteiger partial charge in [-0.2, -0.15) is 0 Å². The van der Waals surface area contributed by atoms with E-state index in [9.17, 15) is 9.59 Å². The number of esters is 1. The SMILES string of the molecule is CC(C)OC(=O)C(C)CNC(=O)C1(N)CC1.Cl. The molecule has 1 amide bonds. The van der Waals surface area contributed by atoms with Crippen LogP contribution in [0.3, 0.4) is 0 Å². The Bertz CT molecular complexity index is 290. The summed E-state index contributed by atoms with van der Waals surface area (Å²) < 4.78 is 5.02. The highest BCUT2D eigenvalue weighted by Crippen LogP contribution is 2.32. The highest BCUT2D eigenvalue weighted by Gasteiger charge is 2.45. The minimum absolute atomic E-state index is 0. The van der Waals surface area contributed by atoms with Crippen LogP contribution in [0.5, 0.6) is 0 Å². The molecular formula is C11H21ClN2O3. The van der Waals surface area contributed by atoms with Crippen LogP contribution in [-0.2, 0) is 14.3 Å². The summed E-state index contributed by atoms with van der Waals surface area (Å²) in [5.74, 6) is -0.803. The first-order chi connectivity index (χ1) is 7.35. The summed E-state index contributed by atoms with van der Waals surface area (Å²) in [5, 5.41) is 2.67. The molecule has 1 fully saturated rings. The molecule has 6 heteroatoms. The van der Waals surface area contributed by atoms with Gasteiger partial charge in [0.25, 0.3) is 0 Å². The van der Waals surface area contributed by atoms with Crippen LogP contribution in [0.1, 0.15) is 33.6 Å². The predicted octanol–water partition coefficient (Wildman–Crippen LogP) is 0.603. The van der Waals surface area contributed by atoms with Crippen molar-refractivity contribution in [3.8, 4) is 0 Å². The fourth-order valence-corrected chi connectivity index (χ4v) is 1.22. The zero-order valence-electron chi connectivity index (χ0n) is 10.5. The maximum atomic E-state index is 11.5. The van der Waals surface area contributed by atoms with E-state index in [0.29, 0.717) is 0 Å². The summed E-state index contributed by atoms with van der Waals surface area (Å²) in [7, 11) is 0. The molecule has 0 saturated heterocycles. The predicted molar refractivity (Wildman–Crippen MR) is 66.8 cm³/mol. The van der Waals surface area contributed by atoms with Crippen LogP contribution in [0.15, 0.2) is 0 Å². The lowest BCUT2D eigenvalue weighted by molar-refractivity contribution is -0.151. The maximum Gasteiger partial charge on any atom is 0.310 e. The van der Waals surface area contributed by atoms with Crippen LogP contribution in [0.25, 0.3) is 0 Å². The Kier molecular flexibility index (Phi) is 5.92. The van der Waals surface area contributed by atoms with E-state index in [2.05, 4.69) is 5.32 Å². The van der Waals surface area contributed by atoms with Crippen molar-refractivity contribution in [2.75, 3.05) is 6.54 Å². The van der Waals surface area contributed by atoms with Gasteiger partial charge in [0.15, 0.2) is 0 Å². The summed E-state index contributed by atoms with van der Waals surface area (Å²) in [4.78, 5) is 22.9. The number of carbonyl (C=O) groups excluding carboxylic acids is 2. The number of nitrogens with two attached hydrogens (primary N) is 1. The van der Waals surface area contributed by atoms with Gasteiger partial charge in [0.1, 0.15) is 0 Å². The zero-order valence-corrected chi connectivity index (χ0v) is 11.3. The lowest BCUT2D eigenvalue weighted by atomic mass is 10.1. The van der Waals surface area contributed by atoms with Gasteiger partial charge in [-0.15, -0.1) is 12.4 Å². The number of halogens is 1. The first kappa shape index (κ1) is 16.2. The van der Waals surface area contributed by atoms with E-state index in [-0.39, 0.29) is 42.9 Å². The Hall–Kier alpha value is -0.810. The van der Waals surface area contributed by atoms with Crippen LogP contribution in [-0.4, -0.2) is 30.1 Å². The molecule has 3 N–H and O–H groups in total. The number of rotatable bonds is 5. The first-order valence-corrected chi connectivity index (χ1v) is 5.63. The summed E-state index contributed by atoms with van der Waals surface area (Å²) >= 11 is 0. The lowest BCUT2D eigenvalue weighted by Crippen LogP contribution is -2.45. The van der Waals surface area contributed by atoms with Gasteiger partial charge in [-0.3, -0.25) is 9.59 Å². The van der Waals surface area contributed by atoms with Gasteiger partial charge >= 0.3 is 5.97 Å². The van der Waals surface area contributed by atoms with E-state index in [0.717, 1.165) is 12.8 Å². The second-order valence-corrected chi connectivity index (χ2v) is 4.75. The van der Waals surface area contributed by atoms with Gasteiger partial charge in [-0.25, -0.2) is 0 Å². The van der Waals surface area contributed by atoms with Gasteiger partial charge in [0, 0.05) is 6.54 Å². The topological polar surface area (TPSA) is 81.4 Å². The van der Waals surface area contributed by atoms with Gasteiger partial charge in [0.05, 0.1) is 17.6 Å². The van der Waals surface area contributed by atoms with Crippen molar-refractivity contribution >= 4 is 24.3 Å². The lowest BCUT2D eigenvalue weighted by Gasteiger charge is -2.16. The molecule has 0 heterocycles. The second-order valence-electron chi connectivity index (χ2n) is 4.75. The molecule has 17 heavy (non-hydrogen) atoms.